The van der Waals surface area contributed by atoms with Crippen LogP contribution >= 0.6 is 0 Å². The van der Waals surface area contributed by atoms with Gasteiger partial charge in [0.25, 0.3) is 0 Å². The third-order valence-electron chi connectivity index (χ3n) is 5.04. The number of furan rings is 1. The van der Waals surface area contributed by atoms with Gasteiger partial charge < -0.3 is 24.5 Å². The number of aliphatic imine (C=N–C) groups is 1. The molecule has 0 radical (unpaired) electrons. The molecule has 164 valence electrons. The normalized spacial score (nSPS) is 16.5. The summed E-state index contributed by atoms with van der Waals surface area (Å²) in [5, 5.41) is 13.6. The largest absolute Gasteiger partial charge is 0.491 e. The van der Waals surface area contributed by atoms with Crippen molar-refractivity contribution < 1.29 is 13.9 Å². The number of nitrogens with one attached hydrogen (secondary N) is 3. The van der Waals surface area contributed by atoms with Gasteiger partial charge in [-0.05, 0) is 43.5 Å². The predicted octanol–water partition coefficient (Wildman–Crippen LogP) is 2.80. The Kier molecular flexibility index (Phi) is 6.83. The van der Waals surface area contributed by atoms with Gasteiger partial charge in [0.2, 0.25) is 5.82 Å². The van der Waals surface area contributed by atoms with E-state index in [-0.39, 0.29) is 6.10 Å². The summed E-state index contributed by atoms with van der Waals surface area (Å²) in [6.07, 6.45) is 3.94. The van der Waals surface area contributed by atoms with Crippen LogP contribution in [0.4, 0.5) is 0 Å². The number of guanidine groups is 1. The van der Waals surface area contributed by atoms with E-state index in [0.29, 0.717) is 43.1 Å². The zero-order chi connectivity index (χ0) is 21.5. The first-order chi connectivity index (χ1) is 15.2. The second-order valence-electron chi connectivity index (χ2n) is 7.42. The summed E-state index contributed by atoms with van der Waals surface area (Å²) in [5.41, 5.74) is 2.22. The number of hydrogen-bond acceptors (Lipinski definition) is 6. The second-order valence-corrected chi connectivity index (χ2v) is 7.42. The minimum atomic E-state index is 0.184. The van der Waals surface area contributed by atoms with Gasteiger partial charge in [0, 0.05) is 25.8 Å². The number of aromatic nitrogens is 3. The molecule has 3 N–H and O–H groups in total. The molecule has 31 heavy (non-hydrogen) atoms. The highest BCUT2D eigenvalue weighted by atomic mass is 16.5. The van der Waals surface area contributed by atoms with Crippen molar-refractivity contribution >= 4 is 5.96 Å². The summed E-state index contributed by atoms with van der Waals surface area (Å²) in [7, 11) is 1.73. The molecule has 1 aromatic carbocycles. The molecule has 9 heteroatoms. The van der Waals surface area contributed by atoms with Gasteiger partial charge in [0.05, 0.1) is 18.9 Å². The maximum absolute atomic E-state index is 6.08. The fourth-order valence-electron chi connectivity index (χ4n) is 3.36. The number of hydrogen-bond donors (Lipinski definition) is 3. The summed E-state index contributed by atoms with van der Waals surface area (Å²) in [6.45, 7) is 4.49. The van der Waals surface area contributed by atoms with Crippen LogP contribution in [0, 0.1) is 6.92 Å². The molecule has 0 spiro atoms. The van der Waals surface area contributed by atoms with Gasteiger partial charge >= 0.3 is 0 Å². The number of benzene rings is 1. The summed E-state index contributed by atoms with van der Waals surface area (Å²) in [4.78, 5) is 8.71. The van der Waals surface area contributed by atoms with Crippen molar-refractivity contribution in [2.45, 2.75) is 39.0 Å². The lowest BCUT2D eigenvalue weighted by molar-refractivity contribution is 0.0676. The standard InChI is InChI=1S/C22H28N6O3/c1-15-7-8-16(19(11-15)31-14-17-5-3-9-29-17)12-24-22(23-2)25-13-20-26-21(28-27-20)18-6-4-10-30-18/h4,6-8,10-11,17H,3,5,9,12-14H2,1-2H3,(H2,23,24,25)(H,26,27,28). The molecule has 1 saturated heterocycles. The summed E-state index contributed by atoms with van der Waals surface area (Å²) < 4.78 is 17.1. The van der Waals surface area contributed by atoms with Gasteiger partial charge in [0.1, 0.15) is 18.2 Å². The Labute approximate surface area is 181 Å². The van der Waals surface area contributed by atoms with Crippen molar-refractivity contribution in [3.63, 3.8) is 0 Å². The van der Waals surface area contributed by atoms with Crippen LogP contribution < -0.4 is 15.4 Å². The van der Waals surface area contributed by atoms with Crippen LogP contribution in [-0.4, -0.2) is 47.5 Å². The van der Waals surface area contributed by atoms with E-state index in [1.165, 1.54) is 0 Å². The molecule has 4 rings (SSSR count). The van der Waals surface area contributed by atoms with E-state index in [9.17, 15) is 0 Å². The second kappa shape index (κ2) is 10.1. The van der Waals surface area contributed by atoms with Crippen molar-refractivity contribution in [3.05, 3.63) is 53.5 Å². The van der Waals surface area contributed by atoms with Gasteiger partial charge in [-0.2, -0.15) is 0 Å². The molecule has 0 aliphatic carbocycles. The molecule has 0 saturated carbocycles. The van der Waals surface area contributed by atoms with Gasteiger partial charge in [0.15, 0.2) is 11.7 Å². The fourth-order valence-corrected chi connectivity index (χ4v) is 3.36. The number of H-pyrrole nitrogens is 1. The van der Waals surface area contributed by atoms with Crippen molar-refractivity contribution in [2.75, 3.05) is 20.3 Å². The Balaban J connectivity index is 1.31. The molecular formula is C22H28N6O3. The molecule has 9 nitrogen and oxygen atoms in total. The van der Waals surface area contributed by atoms with E-state index in [0.717, 1.165) is 36.3 Å². The van der Waals surface area contributed by atoms with E-state index in [2.05, 4.69) is 55.9 Å². The van der Waals surface area contributed by atoms with Crippen molar-refractivity contribution in [3.8, 4) is 17.3 Å². The minimum Gasteiger partial charge on any atom is -0.491 e. The summed E-state index contributed by atoms with van der Waals surface area (Å²) in [6, 6.07) is 9.84. The Morgan fingerprint density at radius 3 is 2.97 bits per heavy atom. The number of rotatable bonds is 8. The smallest absolute Gasteiger partial charge is 0.216 e. The zero-order valence-corrected chi connectivity index (χ0v) is 17.9. The third kappa shape index (κ3) is 5.64. The number of aromatic amines is 1. The van der Waals surface area contributed by atoms with E-state index in [1.807, 2.05) is 6.07 Å². The topological polar surface area (TPSA) is 110 Å². The maximum atomic E-state index is 6.08. The van der Waals surface area contributed by atoms with Crippen molar-refractivity contribution in [1.29, 1.82) is 0 Å². The first kappa shape index (κ1) is 20.9. The van der Waals surface area contributed by atoms with Crippen LogP contribution in [0.15, 0.2) is 46.0 Å². The van der Waals surface area contributed by atoms with Gasteiger partial charge in [-0.25, -0.2) is 4.98 Å². The van der Waals surface area contributed by atoms with Gasteiger partial charge in [-0.1, -0.05) is 12.1 Å². The first-order valence-corrected chi connectivity index (χ1v) is 10.4. The predicted molar refractivity (Wildman–Crippen MR) is 117 cm³/mol. The molecule has 1 unspecified atom stereocenters. The van der Waals surface area contributed by atoms with Gasteiger partial charge in [-0.3, -0.25) is 10.1 Å². The highest BCUT2D eigenvalue weighted by molar-refractivity contribution is 5.79. The molecule has 3 aromatic rings. The molecule has 3 heterocycles. The highest BCUT2D eigenvalue weighted by Gasteiger charge is 2.17. The molecule has 1 aliphatic heterocycles. The van der Waals surface area contributed by atoms with Crippen LogP contribution in [0.2, 0.25) is 0 Å². The molecular weight excluding hydrogens is 396 g/mol. The van der Waals surface area contributed by atoms with Crippen molar-refractivity contribution in [1.82, 2.24) is 25.8 Å². The maximum Gasteiger partial charge on any atom is 0.216 e. The molecule has 2 aromatic heterocycles. The highest BCUT2D eigenvalue weighted by Crippen LogP contribution is 2.22. The van der Waals surface area contributed by atoms with E-state index < -0.39 is 0 Å². The van der Waals surface area contributed by atoms with E-state index in [1.54, 1.807) is 19.4 Å². The van der Waals surface area contributed by atoms with E-state index in [4.69, 9.17) is 13.9 Å². The Morgan fingerprint density at radius 1 is 1.29 bits per heavy atom. The number of nitrogens with zero attached hydrogens (tertiary/aromatic N) is 3. The van der Waals surface area contributed by atoms with Crippen LogP contribution in [0.3, 0.4) is 0 Å². The number of aryl methyl sites for hydroxylation is 1. The van der Waals surface area contributed by atoms with Crippen LogP contribution in [0.1, 0.15) is 29.8 Å². The average molecular weight is 425 g/mol. The molecule has 0 bridgehead atoms. The Bertz CT molecular complexity index is 993. The van der Waals surface area contributed by atoms with Crippen LogP contribution in [0.5, 0.6) is 5.75 Å². The lowest BCUT2D eigenvalue weighted by Gasteiger charge is -2.17. The van der Waals surface area contributed by atoms with Crippen LogP contribution in [0.25, 0.3) is 11.6 Å². The quantitative estimate of drug-likeness (QED) is 0.377. The Hall–Kier alpha value is -3.33. The lowest BCUT2D eigenvalue weighted by atomic mass is 10.1. The average Bonchev–Trinajstić information content (AvgIpc) is 3.55. The summed E-state index contributed by atoms with van der Waals surface area (Å²) >= 11 is 0. The van der Waals surface area contributed by atoms with Gasteiger partial charge in [-0.15, -0.1) is 5.10 Å². The zero-order valence-electron chi connectivity index (χ0n) is 17.9. The summed E-state index contributed by atoms with van der Waals surface area (Å²) in [5.74, 6) is 3.36. The molecule has 1 atom stereocenters. The van der Waals surface area contributed by atoms with Crippen molar-refractivity contribution in [2.24, 2.45) is 4.99 Å². The monoisotopic (exact) mass is 424 g/mol. The lowest BCUT2D eigenvalue weighted by Crippen LogP contribution is -2.36. The molecule has 0 amide bonds. The minimum absolute atomic E-state index is 0.184. The van der Waals surface area contributed by atoms with E-state index >= 15 is 0 Å². The Morgan fingerprint density at radius 2 is 2.19 bits per heavy atom. The third-order valence-corrected chi connectivity index (χ3v) is 5.04. The number of ether oxygens (including phenoxy) is 2. The first-order valence-electron chi connectivity index (χ1n) is 10.4. The SMILES string of the molecule is CN=C(NCc1nc(-c2ccco2)n[nH]1)NCc1ccc(C)cc1OCC1CCCO1. The molecule has 1 aliphatic rings. The van der Waals surface area contributed by atoms with Crippen LogP contribution in [-0.2, 0) is 17.8 Å². The fraction of sp³-hybridized carbons (Fsp3) is 0.409. The molecule has 1 fully saturated rings.